The molecule has 4 rings (SSSR count). The van der Waals surface area contributed by atoms with Crippen LogP contribution in [0, 0.1) is 5.92 Å². The van der Waals surface area contributed by atoms with Crippen LogP contribution in [-0.4, -0.2) is 98.1 Å². The van der Waals surface area contributed by atoms with Crippen molar-refractivity contribution in [3.8, 4) is 0 Å². The van der Waals surface area contributed by atoms with Gasteiger partial charge in [0.05, 0.1) is 38.9 Å². The molecular weight excluding hydrogens is 448 g/mol. The first kappa shape index (κ1) is 25.3. The maximum absolute atomic E-state index is 13.5. The van der Waals surface area contributed by atoms with Crippen LogP contribution in [0.5, 0.6) is 0 Å². The van der Waals surface area contributed by atoms with E-state index in [1.807, 2.05) is 37.3 Å². The van der Waals surface area contributed by atoms with Crippen LogP contribution in [0.3, 0.4) is 0 Å². The molecule has 3 amide bonds. The second kappa shape index (κ2) is 12.3. The van der Waals surface area contributed by atoms with Crippen molar-refractivity contribution >= 4 is 17.7 Å². The molecule has 0 bridgehead atoms. The van der Waals surface area contributed by atoms with E-state index in [0.29, 0.717) is 63.9 Å². The fourth-order valence-electron chi connectivity index (χ4n) is 4.83. The van der Waals surface area contributed by atoms with Crippen molar-refractivity contribution in [2.24, 2.45) is 5.92 Å². The number of allylic oxidation sites excluding steroid dienone is 1. The van der Waals surface area contributed by atoms with Gasteiger partial charge in [0.25, 0.3) is 5.91 Å². The van der Waals surface area contributed by atoms with Gasteiger partial charge in [-0.25, -0.2) is 0 Å². The predicted octanol–water partition coefficient (Wildman–Crippen LogP) is 1.01. The van der Waals surface area contributed by atoms with Gasteiger partial charge in [-0.3, -0.25) is 19.3 Å². The van der Waals surface area contributed by atoms with Gasteiger partial charge in [-0.1, -0.05) is 30.3 Å². The van der Waals surface area contributed by atoms with E-state index < -0.39 is 5.92 Å². The summed E-state index contributed by atoms with van der Waals surface area (Å²) in [6.45, 7) is 8.76. The Balaban J connectivity index is 1.44. The molecule has 35 heavy (non-hydrogen) atoms. The van der Waals surface area contributed by atoms with Crippen LogP contribution in [0.15, 0.2) is 41.6 Å². The van der Waals surface area contributed by atoms with Gasteiger partial charge in [-0.2, -0.15) is 0 Å². The lowest BCUT2D eigenvalue weighted by Gasteiger charge is -2.37. The quantitative estimate of drug-likeness (QED) is 0.592. The largest absolute Gasteiger partial charge is 0.379 e. The number of amides is 3. The lowest BCUT2D eigenvalue weighted by molar-refractivity contribution is -0.139. The van der Waals surface area contributed by atoms with Crippen LogP contribution < -0.4 is 5.32 Å². The first-order valence-corrected chi connectivity index (χ1v) is 12.5. The molecule has 0 aliphatic carbocycles. The minimum atomic E-state index is -0.564. The molecule has 9 nitrogen and oxygen atoms in total. The molecule has 0 radical (unpaired) electrons. The SMILES string of the molecule is CC1=C(C(=O)N2CCOCC2)CC(CC(=O)NCCN2CCOCC2)C(=O)N1Cc1ccccc1. The fraction of sp³-hybridized carbons (Fsp3) is 0.577. The summed E-state index contributed by atoms with van der Waals surface area (Å²) >= 11 is 0. The Morgan fingerprint density at radius 3 is 2.34 bits per heavy atom. The normalized spacial score (nSPS) is 21.9. The molecule has 1 unspecified atom stereocenters. The van der Waals surface area contributed by atoms with Crippen molar-refractivity contribution in [1.29, 1.82) is 0 Å². The molecule has 0 aromatic heterocycles. The monoisotopic (exact) mass is 484 g/mol. The van der Waals surface area contributed by atoms with Crippen LogP contribution in [-0.2, 0) is 30.4 Å². The lowest BCUT2D eigenvalue weighted by Crippen LogP contribution is -2.47. The number of carbonyl (C=O) groups excluding carboxylic acids is 3. The number of nitrogens with zero attached hydrogens (tertiary/aromatic N) is 3. The Hall–Kier alpha value is -2.75. The molecule has 1 aromatic carbocycles. The molecule has 1 aromatic rings. The molecule has 0 spiro atoms. The maximum Gasteiger partial charge on any atom is 0.251 e. The van der Waals surface area contributed by atoms with E-state index in [0.717, 1.165) is 25.2 Å². The minimum Gasteiger partial charge on any atom is -0.379 e. The Morgan fingerprint density at radius 1 is 1.00 bits per heavy atom. The van der Waals surface area contributed by atoms with Gasteiger partial charge in [0.15, 0.2) is 0 Å². The maximum atomic E-state index is 13.5. The van der Waals surface area contributed by atoms with Crippen LogP contribution in [0.4, 0.5) is 0 Å². The standard InChI is InChI=1S/C26H36N4O5/c1-20-23(26(33)29-11-15-35-16-12-29)17-22(25(32)30(20)19-21-5-3-2-4-6-21)18-24(31)27-7-8-28-9-13-34-14-10-28/h2-6,22H,7-19H2,1H3,(H,27,31). The van der Waals surface area contributed by atoms with Crippen molar-refractivity contribution < 1.29 is 23.9 Å². The van der Waals surface area contributed by atoms with Gasteiger partial charge in [0.1, 0.15) is 0 Å². The Morgan fingerprint density at radius 2 is 1.66 bits per heavy atom. The average molecular weight is 485 g/mol. The van der Waals surface area contributed by atoms with Gasteiger partial charge in [-0.05, 0) is 18.9 Å². The van der Waals surface area contributed by atoms with Crippen molar-refractivity contribution in [1.82, 2.24) is 20.0 Å². The van der Waals surface area contributed by atoms with E-state index in [2.05, 4.69) is 10.2 Å². The van der Waals surface area contributed by atoms with Gasteiger partial charge >= 0.3 is 0 Å². The highest BCUT2D eigenvalue weighted by atomic mass is 16.5. The number of rotatable bonds is 8. The van der Waals surface area contributed by atoms with Crippen LogP contribution >= 0.6 is 0 Å². The van der Waals surface area contributed by atoms with Crippen molar-refractivity contribution in [3.63, 3.8) is 0 Å². The molecule has 3 aliphatic rings. The van der Waals surface area contributed by atoms with Gasteiger partial charge < -0.3 is 24.6 Å². The van der Waals surface area contributed by atoms with Gasteiger partial charge in [0.2, 0.25) is 11.8 Å². The summed E-state index contributed by atoms with van der Waals surface area (Å²) in [7, 11) is 0. The third-order valence-corrected chi connectivity index (χ3v) is 6.93. The number of carbonyl (C=O) groups is 3. The average Bonchev–Trinajstić information content (AvgIpc) is 2.89. The van der Waals surface area contributed by atoms with E-state index in [-0.39, 0.29) is 30.6 Å². The van der Waals surface area contributed by atoms with E-state index >= 15 is 0 Å². The summed E-state index contributed by atoms with van der Waals surface area (Å²) < 4.78 is 10.8. The summed E-state index contributed by atoms with van der Waals surface area (Å²) in [5.41, 5.74) is 2.28. The van der Waals surface area contributed by atoms with Crippen LogP contribution in [0.25, 0.3) is 0 Å². The first-order valence-electron chi connectivity index (χ1n) is 12.5. The second-order valence-electron chi connectivity index (χ2n) is 9.29. The molecule has 190 valence electrons. The molecule has 9 heteroatoms. The van der Waals surface area contributed by atoms with E-state index in [1.54, 1.807) is 9.80 Å². The van der Waals surface area contributed by atoms with Crippen molar-refractivity contribution in [2.75, 3.05) is 65.7 Å². The topological polar surface area (TPSA) is 91.4 Å². The number of nitrogens with one attached hydrogen (secondary N) is 1. The number of ether oxygens (including phenoxy) is 2. The summed E-state index contributed by atoms with van der Waals surface area (Å²) in [5.74, 6) is -0.887. The lowest BCUT2D eigenvalue weighted by atomic mass is 9.88. The zero-order chi connectivity index (χ0) is 24.6. The highest BCUT2D eigenvalue weighted by molar-refractivity contribution is 5.98. The summed E-state index contributed by atoms with van der Waals surface area (Å²) in [6.07, 6.45) is 0.351. The van der Waals surface area contributed by atoms with Crippen molar-refractivity contribution in [3.05, 3.63) is 47.2 Å². The molecule has 3 aliphatic heterocycles. The third-order valence-electron chi connectivity index (χ3n) is 6.93. The van der Waals surface area contributed by atoms with E-state index in [4.69, 9.17) is 9.47 Å². The van der Waals surface area contributed by atoms with E-state index in [1.165, 1.54) is 0 Å². The smallest absolute Gasteiger partial charge is 0.251 e. The zero-order valence-corrected chi connectivity index (χ0v) is 20.5. The Labute approximate surface area is 207 Å². The molecule has 0 saturated carbocycles. The number of hydrogen-bond acceptors (Lipinski definition) is 6. The number of hydrogen-bond donors (Lipinski definition) is 1. The summed E-state index contributed by atoms with van der Waals surface area (Å²) in [6, 6.07) is 9.73. The fourth-order valence-corrected chi connectivity index (χ4v) is 4.83. The molecule has 1 atom stereocenters. The Bertz CT molecular complexity index is 923. The highest BCUT2D eigenvalue weighted by Gasteiger charge is 2.37. The zero-order valence-electron chi connectivity index (χ0n) is 20.5. The van der Waals surface area contributed by atoms with Crippen molar-refractivity contribution in [2.45, 2.75) is 26.3 Å². The van der Waals surface area contributed by atoms with Crippen LogP contribution in [0.2, 0.25) is 0 Å². The molecule has 2 fully saturated rings. The first-order chi connectivity index (χ1) is 17.0. The van der Waals surface area contributed by atoms with Gasteiger partial charge in [0, 0.05) is 57.0 Å². The number of benzene rings is 1. The predicted molar refractivity (Wildman–Crippen MR) is 130 cm³/mol. The molecule has 2 saturated heterocycles. The Kier molecular flexibility index (Phi) is 8.90. The second-order valence-corrected chi connectivity index (χ2v) is 9.29. The van der Waals surface area contributed by atoms with E-state index in [9.17, 15) is 14.4 Å². The molecular formula is C26H36N4O5. The highest BCUT2D eigenvalue weighted by Crippen LogP contribution is 2.32. The third kappa shape index (κ3) is 6.68. The van der Waals surface area contributed by atoms with Crippen LogP contribution in [0.1, 0.15) is 25.3 Å². The number of morpholine rings is 2. The molecule has 3 heterocycles. The summed E-state index contributed by atoms with van der Waals surface area (Å²) in [4.78, 5) is 45.4. The summed E-state index contributed by atoms with van der Waals surface area (Å²) in [5, 5.41) is 2.96. The minimum absolute atomic E-state index is 0.0610. The van der Waals surface area contributed by atoms with Gasteiger partial charge in [-0.15, -0.1) is 0 Å². The molecule has 1 N–H and O–H groups in total.